The van der Waals surface area contributed by atoms with Gasteiger partial charge in [-0.1, -0.05) is 5.10 Å². The molecule has 31 heavy (non-hydrogen) atoms. The van der Waals surface area contributed by atoms with Crippen LogP contribution in [0, 0.1) is 0 Å². The van der Waals surface area contributed by atoms with Crippen molar-refractivity contribution in [2.75, 3.05) is 7.11 Å². The van der Waals surface area contributed by atoms with Crippen LogP contribution in [0.25, 0.3) is 16.9 Å². The first kappa shape index (κ1) is 19.9. The highest BCUT2D eigenvalue weighted by molar-refractivity contribution is 5.67. The summed E-state index contributed by atoms with van der Waals surface area (Å²) >= 11 is 0. The van der Waals surface area contributed by atoms with Gasteiger partial charge < -0.3 is 24.5 Å². The molecule has 2 aliphatic rings. The van der Waals surface area contributed by atoms with Crippen LogP contribution in [0.4, 0.5) is 0 Å². The number of aromatic nitrogens is 5. The predicted molar refractivity (Wildman–Crippen MR) is 113 cm³/mol. The largest absolute Gasteiger partial charge is 0.507 e. The molecule has 2 bridgehead atoms. The number of rotatable bonds is 5. The monoisotopic (exact) mass is 422 g/mol. The van der Waals surface area contributed by atoms with Crippen molar-refractivity contribution in [3.05, 3.63) is 43.1 Å². The van der Waals surface area contributed by atoms with Gasteiger partial charge in [-0.25, -0.2) is 9.97 Å². The molecule has 4 atom stereocenters. The van der Waals surface area contributed by atoms with E-state index in [2.05, 4.69) is 39.3 Å². The highest BCUT2D eigenvalue weighted by Gasteiger charge is 2.55. The number of hydrogen-bond acceptors (Lipinski definition) is 8. The Bertz CT molecular complexity index is 1070. The van der Waals surface area contributed by atoms with Crippen molar-refractivity contribution in [2.45, 2.75) is 56.4 Å². The highest BCUT2D eigenvalue weighted by Crippen LogP contribution is 2.44. The Morgan fingerprint density at radius 1 is 1.19 bits per heavy atom. The normalized spacial score (nSPS) is 29.8. The number of hydrogen-bond donors (Lipinski definition) is 2. The SMILES string of the molecule is CO[C@@H]1C[C@@]2(C)C[C@H](Oc3ncc(-c4ccc(-n5ccnc5)cc4O)nn3)C[C@]1(C)N2. The lowest BCUT2D eigenvalue weighted by Gasteiger charge is -2.41. The molecular weight excluding hydrogens is 396 g/mol. The Kier molecular flexibility index (Phi) is 4.67. The van der Waals surface area contributed by atoms with Crippen LogP contribution in [-0.2, 0) is 4.74 Å². The summed E-state index contributed by atoms with van der Waals surface area (Å²) < 4.78 is 13.6. The Morgan fingerprint density at radius 2 is 2.06 bits per heavy atom. The van der Waals surface area contributed by atoms with Gasteiger partial charge in [-0.3, -0.25) is 0 Å². The number of aromatic hydroxyl groups is 1. The average molecular weight is 422 g/mol. The smallest absolute Gasteiger partial charge is 0.335 e. The fraction of sp³-hybridized carbons (Fsp3) is 0.455. The van der Waals surface area contributed by atoms with Crippen molar-refractivity contribution in [1.82, 2.24) is 30.0 Å². The molecule has 0 amide bonds. The molecule has 3 aromatic rings. The van der Waals surface area contributed by atoms with Crippen molar-refractivity contribution < 1.29 is 14.6 Å². The van der Waals surface area contributed by atoms with E-state index in [1.54, 1.807) is 38.0 Å². The topological polar surface area (TPSA) is 107 Å². The molecule has 1 aromatic carbocycles. The number of piperidine rings is 1. The van der Waals surface area contributed by atoms with Crippen molar-refractivity contribution >= 4 is 0 Å². The minimum absolute atomic E-state index is 0.0214. The van der Waals surface area contributed by atoms with E-state index in [0.717, 1.165) is 24.9 Å². The molecule has 5 rings (SSSR count). The van der Waals surface area contributed by atoms with Gasteiger partial charge in [0.15, 0.2) is 0 Å². The lowest BCUT2D eigenvalue weighted by molar-refractivity contribution is 0.0198. The van der Waals surface area contributed by atoms with Gasteiger partial charge in [0.1, 0.15) is 17.5 Å². The van der Waals surface area contributed by atoms with Crippen molar-refractivity contribution in [3.8, 4) is 28.7 Å². The Balaban J connectivity index is 1.31. The molecule has 0 radical (unpaired) electrons. The lowest BCUT2D eigenvalue weighted by atomic mass is 9.86. The van der Waals surface area contributed by atoms with Crippen LogP contribution in [0.2, 0.25) is 0 Å². The van der Waals surface area contributed by atoms with E-state index in [9.17, 15) is 5.11 Å². The molecule has 2 aliphatic heterocycles. The molecule has 9 heteroatoms. The summed E-state index contributed by atoms with van der Waals surface area (Å²) in [6, 6.07) is 5.56. The maximum absolute atomic E-state index is 10.5. The van der Waals surface area contributed by atoms with Crippen molar-refractivity contribution in [3.63, 3.8) is 0 Å². The van der Waals surface area contributed by atoms with Crippen LogP contribution in [-0.4, -0.2) is 60.2 Å². The minimum Gasteiger partial charge on any atom is -0.507 e. The maximum Gasteiger partial charge on any atom is 0.335 e. The average Bonchev–Trinajstić information content (AvgIpc) is 3.32. The predicted octanol–water partition coefficient (Wildman–Crippen LogP) is 2.50. The summed E-state index contributed by atoms with van der Waals surface area (Å²) in [5.74, 6) is 0.0948. The van der Waals surface area contributed by atoms with E-state index >= 15 is 0 Å². The van der Waals surface area contributed by atoms with Gasteiger partial charge in [-0.15, -0.1) is 5.10 Å². The number of imidazole rings is 1. The van der Waals surface area contributed by atoms with Gasteiger partial charge in [0.2, 0.25) is 0 Å². The zero-order valence-corrected chi connectivity index (χ0v) is 17.8. The van der Waals surface area contributed by atoms with Gasteiger partial charge in [-0.2, -0.15) is 0 Å². The molecule has 2 saturated heterocycles. The van der Waals surface area contributed by atoms with E-state index in [1.807, 2.05) is 16.8 Å². The summed E-state index contributed by atoms with van der Waals surface area (Å²) in [4.78, 5) is 8.37. The molecule has 4 heterocycles. The first-order chi connectivity index (χ1) is 14.9. The zero-order valence-electron chi connectivity index (χ0n) is 17.8. The summed E-state index contributed by atoms with van der Waals surface area (Å²) in [6.45, 7) is 4.39. The molecule has 2 aromatic heterocycles. The molecular formula is C22H26N6O3. The second-order valence-corrected chi connectivity index (χ2v) is 8.98. The zero-order chi connectivity index (χ0) is 21.6. The molecule has 0 aliphatic carbocycles. The third-order valence-electron chi connectivity index (χ3n) is 6.42. The van der Waals surface area contributed by atoms with E-state index in [1.165, 1.54) is 0 Å². The van der Waals surface area contributed by atoms with Gasteiger partial charge in [0.25, 0.3) is 0 Å². The molecule has 9 nitrogen and oxygen atoms in total. The highest BCUT2D eigenvalue weighted by atomic mass is 16.5. The van der Waals surface area contributed by atoms with Crippen molar-refractivity contribution in [2.24, 2.45) is 0 Å². The van der Waals surface area contributed by atoms with Crippen molar-refractivity contribution in [1.29, 1.82) is 0 Å². The number of benzene rings is 1. The van der Waals surface area contributed by atoms with E-state index in [-0.39, 0.29) is 35.0 Å². The number of nitrogens with zero attached hydrogens (tertiary/aromatic N) is 5. The number of phenols is 1. The molecule has 0 saturated carbocycles. The maximum atomic E-state index is 10.5. The van der Waals surface area contributed by atoms with Crippen LogP contribution in [0.5, 0.6) is 11.8 Å². The molecule has 162 valence electrons. The summed E-state index contributed by atoms with van der Waals surface area (Å²) in [6.07, 6.45) is 9.48. The number of methoxy groups -OCH3 is 1. The van der Waals surface area contributed by atoms with Gasteiger partial charge in [0.05, 0.1) is 24.3 Å². The molecule has 2 fully saturated rings. The van der Waals surface area contributed by atoms with E-state index < -0.39 is 0 Å². The fourth-order valence-corrected chi connectivity index (χ4v) is 5.15. The standard InChI is InChI=1S/C22H26N6O3/c1-21-9-15(10-22(2,27-21)19(11-21)30-3)31-20-24-12-17(25-26-20)16-5-4-14(8-18(16)29)28-7-6-23-13-28/h4-8,12-13,15,19,27,29H,9-11H2,1-3H3/t15-,19+,21+,22-/m0/s1. The summed E-state index contributed by atoms with van der Waals surface area (Å²) in [7, 11) is 1.76. The summed E-state index contributed by atoms with van der Waals surface area (Å²) in [5, 5.41) is 22.6. The van der Waals surface area contributed by atoms with Crippen LogP contribution in [0.3, 0.4) is 0 Å². The van der Waals surface area contributed by atoms with E-state index in [4.69, 9.17) is 9.47 Å². The first-order valence-electron chi connectivity index (χ1n) is 10.4. The van der Waals surface area contributed by atoms with Crippen LogP contribution < -0.4 is 10.1 Å². The van der Waals surface area contributed by atoms with Crippen LogP contribution in [0.1, 0.15) is 33.1 Å². The quantitative estimate of drug-likeness (QED) is 0.646. The third kappa shape index (κ3) is 3.64. The second-order valence-electron chi connectivity index (χ2n) is 8.98. The first-order valence-corrected chi connectivity index (χ1v) is 10.4. The third-order valence-corrected chi connectivity index (χ3v) is 6.42. The number of nitrogens with one attached hydrogen (secondary N) is 1. The Hall–Kier alpha value is -3.04. The Labute approximate surface area is 180 Å². The van der Waals surface area contributed by atoms with Crippen LogP contribution in [0.15, 0.2) is 43.1 Å². The summed E-state index contributed by atoms with van der Waals surface area (Å²) in [5.41, 5.74) is 1.66. The molecule has 0 unspecified atom stereocenters. The number of phenolic OH excluding ortho intramolecular Hbond substituents is 1. The Morgan fingerprint density at radius 3 is 2.74 bits per heavy atom. The van der Waals surface area contributed by atoms with E-state index in [0.29, 0.717) is 11.3 Å². The molecule has 0 spiro atoms. The lowest BCUT2D eigenvalue weighted by Crippen LogP contribution is -2.58. The van der Waals surface area contributed by atoms with Gasteiger partial charge in [-0.05, 0) is 32.4 Å². The number of fused-ring (bicyclic) bond motifs is 2. The van der Waals surface area contributed by atoms with Gasteiger partial charge >= 0.3 is 6.01 Å². The number of ether oxygens (including phenoxy) is 2. The minimum atomic E-state index is -0.136. The van der Waals surface area contributed by atoms with Gasteiger partial charge in [0, 0.05) is 55.1 Å². The fourth-order valence-electron chi connectivity index (χ4n) is 5.15. The van der Waals surface area contributed by atoms with Crippen LogP contribution >= 0.6 is 0 Å². The second kappa shape index (κ2) is 7.28. The molecule has 2 N–H and O–H groups in total.